The Hall–Kier alpha value is -3.34. The Labute approximate surface area is 151 Å². The zero-order valence-corrected chi connectivity index (χ0v) is 14.2. The highest BCUT2D eigenvalue weighted by molar-refractivity contribution is 5.79. The minimum Gasteiger partial charge on any atom is -0.439 e. The highest BCUT2D eigenvalue weighted by atomic mass is 16.5. The van der Waals surface area contributed by atoms with Crippen LogP contribution >= 0.6 is 0 Å². The topological polar surface area (TPSA) is 77.2 Å². The molecule has 5 nitrogen and oxygen atoms in total. The molecule has 2 heterocycles. The summed E-state index contributed by atoms with van der Waals surface area (Å²) in [5.41, 5.74) is 9.66. The van der Waals surface area contributed by atoms with Crippen molar-refractivity contribution in [2.45, 2.75) is 12.3 Å². The van der Waals surface area contributed by atoms with Crippen LogP contribution in [-0.2, 0) is 4.79 Å². The smallest absolute Gasteiger partial charge is 0.220 e. The van der Waals surface area contributed by atoms with E-state index in [1.165, 1.54) is 5.56 Å². The molecule has 130 valence electrons. The lowest BCUT2D eigenvalue weighted by Gasteiger charge is -2.10. The number of hydrogen-bond acceptors (Lipinski definition) is 4. The van der Waals surface area contributed by atoms with Crippen molar-refractivity contribution in [1.82, 2.24) is 10.3 Å². The number of nitrogen functional groups attached to an aromatic ring is 1. The van der Waals surface area contributed by atoms with E-state index in [9.17, 15) is 4.79 Å². The number of amides is 1. The van der Waals surface area contributed by atoms with Crippen molar-refractivity contribution in [2.75, 3.05) is 12.3 Å². The fourth-order valence-corrected chi connectivity index (χ4v) is 3.08. The predicted octanol–water partition coefficient (Wildman–Crippen LogP) is 3.73. The summed E-state index contributed by atoms with van der Waals surface area (Å²) < 4.78 is 5.72. The van der Waals surface area contributed by atoms with Crippen LogP contribution in [-0.4, -0.2) is 17.4 Å². The summed E-state index contributed by atoms with van der Waals surface area (Å²) in [4.78, 5) is 15.5. The Morgan fingerprint density at radius 3 is 2.23 bits per heavy atom. The van der Waals surface area contributed by atoms with E-state index >= 15 is 0 Å². The summed E-state index contributed by atoms with van der Waals surface area (Å²) in [6.45, 7) is 0.726. The first kappa shape index (κ1) is 16.1. The van der Waals surface area contributed by atoms with Gasteiger partial charge in [-0.1, -0.05) is 36.4 Å². The van der Waals surface area contributed by atoms with Crippen LogP contribution in [0.4, 0.5) is 5.69 Å². The molecule has 0 spiro atoms. The molecule has 1 amide bonds. The van der Waals surface area contributed by atoms with E-state index in [4.69, 9.17) is 10.5 Å². The molecule has 26 heavy (non-hydrogen) atoms. The molecule has 0 saturated carbocycles. The minimum atomic E-state index is 0.130. The van der Waals surface area contributed by atoms with Gasteiger partial charge in [0.05, 0.1) is 11.9 Å². The lowest BCUT2D eigenvalue weighted by atomic mass is 9.95. The fourth-order valence-electron chi connectivity index (χ4n) is 3.08. The number of hydrogen-bond donors (Lipinski definition) is 2. The fraction of sp³-hybridized carbons (Fsp3) is 0.143. The number of nitrogens with zero attached hydrogens (tertiary/aromatic N) is 1. The van der Waals surface area contributed by atoms with Gasteiger partial charge in [-0.05, 0) is 34.9 Å². The standard InChI is InChI=1S/C21H19N3O2/c22-18-7-10-21(24-13-18)26-19-8-5-15(6-9-19)14-1-3-16(4-2-14)17-11-20(25)23-12-17/h1-10,13,17H,11-12,22H2,(H,23,25). The lowest BCUT2D eigenvalue weighted by molar-refractivity contribution is -0.119. The van der Waals surface area contributed by atoms with Gasteiger partial charge in [0.15, 0.2) is 0 Å². The summed E-state index contributed by atoms with van der Waals surface area (Å²) >= 11 is 0. The first-order valence-corrected chi connectivity index (χ1v) is 8.54. The maximum absolute atomic E-state index is 11.4. The zero-order chi connectivity index (χ0) is 17.9. The highest BCUT2D eigenvalue weighted by Crippen LogP contribution is 2.28. The molecule has 3 N–H and O–H groups in total. The van der Waals surface area contributed by atoms with Crippen LogP contribution in [0.2, 0.25) is 0 Å². The number of aromatic nitrogens is 1. The van der Waals surface area contributed by atoms with E-state index in [1.807, 2.05) is 24.3 Å². The van der Waals surface area contributed by atoms with Crippen molar-refractivity contribution < 1.29 is 9.53 Å². The number of anilines is 1. The Morgan fingerprint density at radius 2 is 1.65 bits per heavy atom. The number of ether oxygens (including phenoxy) is 1. The number of carbonyl (C=O) groups excluding carboxylic acids is 1. The van der Waals surface area contributed by atoms with Crippen LogP contribution in [0, 0.1) is 0 Å². The second-order valence-electron chi connectivity index (χ2n) is 6.38. The van der Waals surface area contributed by atoms with Gasteiger partial charge in [0.2, 0.25) is 11.8 Å². The first-order valence-electron chi connectivity index (χ1n) is 8.54. The Bertz CT molecular complexity index is 903. The molecule has 1 unspecified atom stereocenters. The normalized spacial score (nSPS) is 16.3. The summed E-state index contributed by atoms with van der Waals surface area (Å²) in [5, 5.41) is 2.88. The third-order valence-electron chi connectivity index (χ3n) is 4.53. The predicted molar refractivity (Wildman–Crippen MR) is 101 cm³/mol. The van der Waals surface area contributed by atoms with Crippen molar-refractivity contribution in [3.8, 4) is 22.8 Å². The van der Waals surface area contributed by atoms with E-state index in [-0.39, 0.29) is 11.8 Å². The van der Waals surface area contributed by atoms with Crippen molar-refractivity contribution in [3.63, 3.8) is 0 Å². The monoisotopic (exact) mass is 345 g/mol. The molecule has 0 radical (unpaired) electrons. The molecule has 0 aliphatic carbocycles. The van der Waals surface area contributed by atoms with E-state index in [1.54, 1.807) is 18.3 Å². The Kier molecular flexibility index (Phi) is 4.27. The number of rotatable bonds is 4. The molecular formula is C21H19N3O2. The van der Waals surface area contributed by atoms with Crippen molar-refractivity contribution >= 4 is 11.6 Å². The third kappa shape index (κ3) is 3.52. The van der Waals surface area contributed by atoms with Gasteiger partial charge in [0.1, 0.15) is 5.75 Å². The quantitative estimate of drug-likeness (QED) is 0.755. The zero-order valence-electron chi connectivity index (χ0n) is 14.2. The SMILES string of the molecule is Nc1ccc(Oc2ccc(-c3ccc(C4CNC(=O)C4)cc3)cc2)nc1. The molecule has 4 rings (SSSR count). The second-order valence-corrected chi connectivity index (χ2v) is 6.38. The number of nitrogens with two attached hydrogens (primary N) is 1. The molecule has 3 aromatic rings. The second kappa shape index (κ2) is 6.88. The van der Waals surface area contributed by atoms with Crippen LogP contribution < -0.4 is 15.8 Å². The summed E-state index contributed by atoms with van der Waals surface area (Å²) in [5.74, 6) is 1.64. The van der Waals surface area contributed by atoms with Gasteiger partial charge < -0.3 is 15.8 Å². The van der Waals surface area contributed by atoms with Gasteiger partial charge in [0.25, 0.3) is 0 Å². The van der Waals surface area contributed by atoms with E-state index in [0.717, 1.165) is 23.4 Å². The highest BCUT2D eigenvalue weighted by Gasteiger charge is 2.22. The minimum absolute atomic E-state index is 0.130. The summed E-state index contributed by atoms with van der Waals surface area (Å²) in [7, 11) is 0. The van der Waals surface area contributed by atoms with Crippen LogP contribution in [0.3, 0.4) is 0 Å². The average Bonchev–Trinajstić information content (AvgIpc) is 3.11. The maximum atomic E-state index is 11.4. The molecule has 1 atom stereocenters. The molecule has 0 bridgehead atoms. The first-order chi connectivity index (χ1) is 12.7. The molecule has 1 fully saturated rings. The largest absolute Gasteiger partial charge is 0.439 e. The molecule has 2 aromatic carbocycles. The molecule has 1 saturated heterocycles. The van der Waals surface area contributed by atoms with Gasteiger partial charge in [0, 0.05) is 24.9 Å². The van der Waals surface area contributed by atoms with Gasteiger partial charge in [-0.15, -0.1) is 0 Å². The van der Waals surface area contributed by atoms with Gasteiger partial charge in [-0.2, -0.15) is 0 Å². The molecule has 1 aliphatic rings. The molecule has 1 aliphatic heterocycles. The Balaban J connectivity index is 1.46. The van der Waals surface area contributed by atoms with Crippen LogP contribution in [0.1, 0.15) is 17.9 Å². The average molecular weight is 345 g/mol. The van der Waals surface area contributed by atoms with Gasteiger partial charge in [-0.25, -0.2) is 4.98 Å². The van der Waals surface area contributed by atoms with E-state index in [2.05, 4.69) is 34.6 Å². The van der Waals surface area contributed by atoms with Gasteiger partial charge >= 0.3 is 0 Å². The molecule has 5 heteroatoms. The van der Waals surface area contributed by atoms with Crippen molar-refractivity contribution in [2.24, 2.45) is 0 Å². The number of benzene rings is 2. The number of pyridine rings is 1. The van der Waals surface area contributed by atoms with E-state index in [0.29, 0.717) is 18.0 Å². The van der Waals surface area contributed by atoms with Crippen LogP contribution in [0.5, 0.6) is 11.6 Å². The van der Waals surface area contributed by atoms with Crippen LogP contribution in [0.15, 0.2) is 66.9 Å². The van der Waals surface area contributed by atoms with E-state index < -0.39 is 0 Å². The lowest BCUT2D eigenvalue weighted by Crippen LogP contribution is -2.13. The summed E-state index contributed by atoms with van der Waals surface area (Å²) in [6.07, 6.45) is 2.14. The summed E-state index contributed by atoms with van der Waals surface area (Å²) in [6, 6.07) is 19.7. The van der Waals surface area contributed by atoms with Crippen molar-refractivity contribution in [3.05, 3.63) is 72.4 Å². The van der Waals surface area contributed by atoms with Crippen molar-refractivity contribution in [1.29, 1.82) is 0 Å². The third-order valence-corrected chi connectivity index (χ3v) is 4.53. The maximum Gasteiger partial charge on any atom is 0.220 e. The number of nitrogens with one attached hydrogen (secondary N) is 1. The molecular weight excluding hydrogens is 326 g/mol. The molecule has 1 aromatic heterocycles. The number of carbonyl (C=O) groups is 1. The Morgan fingerprint density at radius 1 is 0.962 bits per heavy atom. The van der Waals surface area contributed by atoms with Crippen LogP contribution in [0.25, 0.3) is 11.1 Å². The van der Waals surface area contributed by atoms with Gasteiger partial charge in [-0.3, -0.25) is 4.79 Å².